The van der Waals surface area contributed by atoms with E-state index in [2.05, 4.69) is 74.2 Å². The molecule has 1 unspecified atom stereocenters. The van der Waals surface area contributed by atoms with Crippen molar-refractivity contribution in [3.63, 3.8) is 0 Å². The van der Waals surface area contributed by atoms with Crippen molar-refractivity contribution in [1.82, 2.24) is 5.32 Å². The van der Waals surface area contributed by atoms with E-state index in [0.717, 1.165) is 12.8 Å². The summed E-state index contributed by atoms with van der Waals surface area (Å²) in [5, 5.41) is 7.91. The van der Waals surface area contributed by atoms with E-state index in [1.807, 2.05) is 0 Å². The summed E-state index contributed by atoms with van der Waals surface area (Å²) >= 11 is 1.78. The van der Waals surface area contributed by atoms with Gasteiger partial charge in [-0.2, -0.15) is 11.3 Å². The molecular formula is C18H25NS. The lowest BCUT2D eigenvalue weighted by Crippen LogP contribution is -2.23. The van der Waals surface area contributed by atoms with Gasteiger partial charge in [-0.15, -0.1) is 0 Å². The first-order chi connectivity index (χ1) is 9.52. The third-order valence-corrected chi connectivity index (χ3v) is 4.53. The van der Waals surface area contributed by atoms with Crippen molar-refractivity contribution in [3.05, 3.63) is 57.8 Å². The molecule has 1 nitrogen and oxygen atoms in total. The second-order valence-electron chi connectivity index (χ2n) is 6.35. The van der Waals surface area contributed by atoms with Crippen molar-refractivity contribution in [2.75, 3.05) is 7.05 Å². The number of hydrogen-bond acceptors (Lipinski definition) is 2. The minimum atomic E-state index is 0.189. The fourth-order valence-corrected chi connectivity index (χ4v) is 3.39. The van der Waals surface area contributed by atoms with Gasteiger partial charge in [0.15, 0.2) is 0 Å². The molecular weight excluding hydrogens is 262 g/mol. The minimum Gasteiger partial charge on any atom is -0.313 e. The van der Waals surface area contributed by atoms with E-state index in [4.69, 9.17) is 0 Å². The summed E-state index contributed by atoms with van der Waals surface area (Å²) in [5.74, 6) is 0. The first kappa shape index (κ1) is 15.3. The topological polar surface area (TPSA) is 12.0 Å². The number of aryl methyl sites for hydroxylation is 1. The summed E-state index contributed by atoms with van der Waals surface area (Å²) in [5.41, 5.74) is 4.53. The van der Waals surface area contributed by atoms with Crippen LogP contribution in [0.5, 0.6) is 0 Å². The molecule has 0 bridgehead atoms. The molecule has 1 aromatic carbocycles. The van der Waals surface area contributed by atoms with Crippen LogP contribution >= 0.6 is 11.3 Å². The summed E-state index contributed by atoms with van der Waals surface area (Å²) in [6, 6.07) is 11.5. The molecule has 1 aromatic heterocycles. The van der Waals surface area contributed by atoms with Gasteiger partial charge >= 0.3 is 0 Å². The zero-order valence-corrected chi connectivity index (χ0v) is 13.8. The second-order valence-corrected chi connectivity index (χ2v) is 7.13. The van der Waals surface area contributed by atoms with E-state index >= 15 is 0 Å². The Labute approximate surface area is 127 Å². The summed E-state index contributed by atoms with van der Waals surface area (Å²) in [6.45, 7) is 6.87. The first-order valence-electron chi connectivity index (χ1n) is 7.30. The molecule has 0 saturated carbocycles. The monoisotopic (exact) mass is 287 g/mol. The van der Waals surface area contributed by atoms with Crippen molar-refractivity contribution in [1.29, 1.82) is 0 Å². The maximum Gasteiger partial charge on any atom is 0.0323 e. The lowest BCUT2D eigenvalue weighted by molar-refractivity contribution is 0.517. The van der Waals surface area contributed by atoms with Crippen LogP contribution in [0, 0.1) is 0 Å². The van der Waals surface area contributed by atoms with Gasteiger partial charge in [0, 0.05) is 6.04 Å². The van der Waals surface area contributed by atoms with Crippen LogP contribution < -0.4 is 5.32 Å². The Morgan fingerprint density at radius 1 is 1.15 bits per heavy atom. The maximum absolute atomic E-state index is 3.50. The molecule has 0 aliphatic heterocycles. The molecule has 1 atom stereocenters. The third-order valence-electron chi connectivity index (χ3n) is 3.79. The van der Waals surface area contributed by atoms with Crippen molar-refractivity contribution in [2.45, 2.75) is 45.1 Å². The molecule has 0 amide bonds. The Kier molecular flexibility index (Phi) is 5.00. The summed E-state index contributed by atoms with van der Waals surface area (Å²) in [6.07, 6.45) is 2.27. The van der Waals surface area contributed by atoms with Crippen LogP contribution in [0.2, 0.25) is 0 Å². The van der Waals surface area contributed by atoms with E-state index in [-0.39, 0.29) is 5.41 Å². The van der Waals surface area contributed by atoms with Crippen molar-refractivity contribution >= 4 is 11.3 Å². The predicted octanol–water partition coefficient (Wildman–Crippen LogP) is 4.94. The Morgan fingerprint density at radius 2 is 1.90 bits per heavy atom. The molecule has 1 heterocycles. The maximum atomic E-state index is 3.50. The lowest BCUT2D eigenvalue weighted by atomic mass is 9.81. The molecule has 108 valence electrons. The molecule has 20 heavy (non-hydrogen) atoms. The van der Waals surface area contributed by atoms with E-state index in [1.165, 1.54) is 16.7 Å². The molecule has 2 aromatic rings. The Morgan fingerprint density at radius 3 is 2.50 bits per heavy atom. The Hall–Kier alpha value is -1.12. The average molecular weight is 287 g/mol. The van der Waals surface area contributed by atoms with Gasteiger partial charge in [0.25, 0.3) is 0 Å². The Balaban J connectivity index is 2.19. The van der Waals surface area contributed by atoms with Crippen LogP contribution in [-0.4, -0.2) is 7.05 Å². The van der Waals surface area contributed by atoms with Gasteiger partial charge in [0.05, 0.1) is 0 Å². The largest absolute Gasteiger partial charge is 0.313 e. The predicted molar refractivity (Wildman–Crippen MR) is 89.6 cm³/mol. The van der Waals surface area contributed by atoms with E-state index in [1.54, 1.807) is 11.3 Å². The quantitative estimate of drug-likeness (QED) is 0.821. The summed E-state index contributed by atoms with van der Waals surface area (Å²) in [7, 11) is 2.07. The average Bonchev–Trinajstić information content (AvgIpc) is 2.92. The highest BCUT2D eigenvalue weighted by Gasteiger charge is 2.21. The number of hydrogen-bond donors (Lipinski definition) is 1. The van der Waals surface area contributed by atoms with Gasteiger partial charge < -0.3 is 5.32 Å². The van der Waals surface area contributed by atoms with Crippen LogP contribution in [0.1, 0.15) is 49.9 Å². The fourth-order valence-electron chi connectivity index (χ4n) is 2.69. The van der Waals surface area contributed by atoms with Crippen LogP contribution in [0.15, 0.2) is 41.1 Å². The number of benzene rings is 1. The Bertz CT molecular complexity index is 523. The molecule has 1 N–H and O–H groups in total. The highest BCUT2D eigenvalue weighted by Crippen LogP contribution is 2.31. The SMILES string of the molecule is CNC(CCc1ccsc1)c1ccccc1C(C)(C)C. The summed E-state index contributed by atoms with van der Waals surface area (Å²) in [4.78, 5) is 0. The van der Waals surface area contributed by atoms with Gasteiger partial charge in [0.1, 0.15) is 0 Å². The normalized spacial score (nSPS) is 13.4. The van der Waals surface area contributed by atoms with E-state index in [0.29, 0.717) is 6.04 Å². The molecule has 2 rings (SSSR count). The van der Waals surface area contributed by atoms with Crippen molar-refractivity contribution in [3.8, 4) is 0 Å². The van der Waals surface area contributed by atoms with Crippen LogP contribution in [0.25, 0.3) is 0 Å². The minimum absolute atomic E-state index is 0.189. The van der Waals surface area contributed by atoms with Crippen molar-refractivity contribution < 1.29 is 0 Å². The smallest absolute Gasteiger partial charge is 0.0323 e. The van der Waals surface area contributed by atoms with Gasteiger partial charge in [-0.25, -0.2) is 0 Å². The zero-order valence-electron chi connectivity index (χ0n) is 12.9. The van der Waals surface area contributed by atoms with Gasteiger partial charge in [-0.1, -0.05) is 45.0 Å². The standard InChI is InChI=1S/C18H25NS/c1-18(2,3)16-8-6-5-7-15(16)17(19-4)10-9-14-11-12-20-13-14/h5-8,11-13,17,19H,9-10H2,1-4H3. The van der Waals surface area contributed by atoms with Gasteiger partial charge in [-0.05, 0) is 58.8 Å². The lowest BCUT2D eigenvalue weighted by Gasteiger charge is -2.27. The highest BCUT2D eigenvalue weighted by atomic mass is 32.1. The van der Waals surface area contributed by atoms with Gasteiger partial charge in [-0.3, -0.25) is 0 Å². The second kappa shape index (κ2) is 6.55. The van der Waals surface area contributed by atoms with Crippen LogP contribution in [0.3, 0.4) is 0 Å². The molecule has 0 aliphatic rings. The number of nitrogens with one attached hydrogen (secondary N) is 1. The molecule has 2 heteroatoms. The molecule has 0 fully saturated rings. The highest BCUT2D eigenvalue weighted by molar-refractivity contribution is 7.07. The van der Waals surface area contributed by atoms with Crippen LogP contribution in [-0.2, 0) is 11.8 Å². The fraction of sp³-hybridized carbons (Fsp3) is 0.444. The third kappa shape index (κ3) is 3.71. The van der Waals surface area contributed by atoms with Gasteiger partial charge in [0.2, 0.25) is 0 Å². The van der Waals surface area contributed by atoms with Crippen molar-refractivity contribution in [2.24, 2.45) is 0 Å². The van der Waals surface area contributed by atoms with E-state index < -0.39 is 0 Å². The van der Waals surface area contributed by atoms with Crippen LogP contribution in [0.4, 0.5) is 0 Å². The molecule has 0 saturated heterocycles. The zero-order chi connectivity index (χ0) is 14.6. The molecule has 0 radical (unpaired) electrons. The number of thiophene rings is 1. The summed E-state index contributed by atoms with van der Waals surface area (Å²) < 4.78 is 0. The number of rotatable bonds is 5. The molecule has 0 spiro atoms. The first-order valence-corrected chi connectivity index (χ1v) is 8.24. The molecule has 0 aliphatic carbocycles. The van der Waals surface area contributed by atoms with E-state index in [9.17, 15) is 0 Å².